The quantitative estimate of drug-likeness (QED) is 0.536. The van der Waals surface area contributed by atoms with Crippen LogP contribution in [-0.4, -0.2) is 33.5 Å². The second-order valence-electron chi connectivity index (χ2n) is 7.26. The Hall–Kier alpha value is -2.91. The first-order chi connectivity index (χ1) is 14.3. The number of amides is 3. The van der Waals surface area contributed by atoms with Gasteiger partial charge in [0.2, 0.25) is 5.91 Å². The lowest BCUT2D eigenvalue weighted by Crippen LogP contribution is -2.57. The molecule has 0 saturated carbocycles. The van der Waals surface area contributed by atoms with Gasteiger partial charge in [0.25, 0.3) is 0 Å². The molecule has 3 atom stereocenters. The normalized spacial score (nSPS) is 21.1. The Morgan fingerprint density at radius 1 is 1.23 bits per heavy atom. The van der Waals surface area contributed by atoms with E-state index in [1.807, 2.05) is 13.8 Å². The van der Waals surface area contributed by atoms with E-state index in [-0.39, 0.29) is 24.4 Å². The minimum atomic E-state index is -0.827. The molecule has 1 saturated heterocycles. The van der Waals surface area contributed by atoms with Crippen molar-refractivity contribution in [2.75, 3.05) is 5.32 Å². The van der Waals surface area contributed by atoms with Crippen LogP contribution in [0.2, 0.25) is 5.02 Å². The summed E-state index contributed by atoms with van der Waals surface area (Å²) in [5.74, 6) is -1.53. The second kappa shape index (κ2) is 9.27. The maximum Gasteiger partial charge on any atom is 0.314 e. The van der Waals surface area contributed by atoms with Crippen LogP contribution < -0.4 is 21.3 Å². The van der Waals surface area contributed by atoms with Crippen LogP contribution in [0.3, 0.4) is 0 Å². The summed E-state index contributed by atoms with van der Waals surface area (Å²) in [5, 5.41) is 16.2. The largest absolute Gasteiger partial charge is 0.344 e. The highest BCUT2D eigenvalue weighted by molar-refractivity contribution is 6.39. The van der Waals surface area contributed by atoms with Gasteiger partial charge >= 0.3 is 11.8 Å². The molecule has 0 radical (unpaired) electrons. The van der Waals surface area contributed by atoms with Crippen molar-refractivity contribution in [2.24, 2.45) is 5.92 Å². The molecule has 0 bridgehead atoms. The number of anilines is 1. The number of rotatable bonds is 5. The van der Waals surface area contributed by atoms with Crippen LogP contribution in [0.1, 0.15) is 37.8 Å². The van der Waals surface area contributed by atoms with Crippen molar-refractivity contribution < 1.29 is 14.4 Å². The molecule has 1 aliphatic heterocycles. The fraction of sp³-hybridized carbons (Fsp3) is 0.400. The summed E-state index contributed by atoms with van der Waals surface area (Å²) in [5.41, 5.74) is 1.45. The van der Waals surface area contributed by atoms with Gasteiger partial charge in [0.05, 0.1) is 11.6 Å². The van der Waals surface area contributed by atoms with Crippen molar-refractivity contribution in [3.8, 4) is 0 Å². The van der Waals surface area contributed by atoms with E-state index >= 15 is 0 Å². The van der Waals surface area contributed by atoms with Crippen molar-refractivity contribution >= 4 is 35.1 Å². The zero-order valence-electron chi connectivity index (χ0n) is 17.0. The Kier molecular flexibility index (Phi) is 6.73. The lowest BCUT2D eigenvalue weighted by atomic mass is 9.95. The number of nitrogens with one attached hydrogen (secondary N) is 4. The number of hydrogen-bond acceptors (Lipinski definition) is 5. The highest BCUT2D eigenvalue weighted by Gasteiger charge is 2.34. The van der Waals surface area contributed by atoms with Gasteiger partial charge in [-0.25, -0.2) is 4.68 Å². The van der Waals surface area contributed by atoms with Crippen LogP contribution in [0, 0.1) is 12.8 Å². The van der Waals surface area contributed by atoms with Crippen molar-refractivity contribution in [2.45, 2.75) is 46.1 Å². The predicted molar refractivity (Wildman–Crippen MR) is 112 cm³/mol. The summed E-state index contributed by atoms with van der Waals surface area (Å²) >= 11 is 5.84. The lowest BCUT2D eigenvalue weighted by Gasteiger charge is -2.35. The molecule has 2 heterocycles. The second-order valence-corrected chi connectivity index (χ2v) is 7.70. The highest BCUT2D eigenvalue weighted by atomic mass is 35.5. The monoisotopic (exact) mass is 432 g/mol. The number of aromatic nitrogens is 2. The third-order valence-corrected chi connectivity index (χ3v) is 5.25. The Labute approximate surface area is 179 Å². The Morgan fingerprint density at radius 3 is 2.57 bits per heavy atom. The van der Waals surface area contributed by atoms with Crippen LogP contribution in [0.15, 0.2) is 30.3 Å². The Morgan fingerprint density at radius 2 is 1.93 bits per heavy atom. The molecule has 160 valence electrons. The third-order valence-electron chi connectivity index (χ3n) is 5.00. The first-order valence-corrected chi connectivity index (χ1v) is 10.1. The molecule has 30 heavy (non-hydrogen) atoms. The molecule has 3 rings (SSSR count). The zero-order valence-corrected chi connectivity index (χ0v) is 17.8. The summed E-state index contributed by atoms with van der Waals surface area (Å²) < 4.78 is 1.46. The van der Waals surface area contributed by atoms with E-state index in [2.05, 4.69) is 26.4 Å². The first-order valence-electron chi connectivity index (χ1n) is 9.74. The summed E-state index contributed by atoms with van der Waals surface area (Å²) in [6, 6.07) is 8.52. The van der Waals surface area contributed by atoms with E-state index in [1.54, 1.807) is 37.3 Å². The smallest absolute Gasteiger partial charge is 0.314 e. The summed E-state index contributed by atoms with van der Waals surface area (Å²) in [4.78, 5) is 36.9. The van der Waals surface area contributed by atoms with Gasteiger partial charge in [0, 0.05) is 23.7 Å². The maximum absolute atomic E-state index is 12.4. The van der Waals surface area contributed by atoms with E-state index < -0.39 is 18.1 Å². The first kappa shape index (κ1) is 21.8. The standard InChI is InChI=1S/C20H25ClN6O3/c1-4-15-12(3)23-20(25-17(15)28)27-16(9-11(2)26-27)24-19(30)18(29)22-10-13-5-7-14(21)8-6-13/h5-9,12,15,20,23H,4,10H2,1-3H3,(H,22,29)(H,24,30)(H,25,28). The van der Waals surface area contributed by atoms with Crippen LogP contribution in [0.4, 0.5) is 5.82 Å². The van der Waals surface area contributed by atoms with Crippen molar-refractivity contribution in [1.82, 2.24) is 25.7 Å². The molecule has 9 nitrogen and oxygen atoms in total. The van der Waals surface area contributed by atoms with Gasteiger partial charge in [-0.1, -0.05) is 30.7 Å². The maximum atomic E-state index is 12.4. The van der Waals surface area contributed by atoms with Crippen molar-refractivity contribution in [3.05, 3.63) is 46.6 Å². The molecular weight excluding hydrogens is 408 g/mol. The molecular formula is C20H25ClN6O3. The van der Waals surface area contributed by atoms with Crippen LogP contribution in [-0.2, 0) is 20.9 Å². The third kappa shape index (κ3) is 4.98. The van der Waals surface area contributed by atoms with E-state index in [0.29, 0.717) is 23.0 Å². The molecule has 4 N–H and O–H groups in total. The minimum Gasteiger partial charge on any atom is -0.344 e. The fourth-order valence-electron chi connectivity index (χ4n) is 3.39. The molecule has 2 aromatic rings. The molecule has 1 aromatic heterocycles. The number of aryl methyl sites for hydroxylation is 1. The zero-order chi connectivity index (χ0) is 21.8. The van der Waals surface area contributed by atoms with E-state index in [9.17, 15) is 14.4 Å². The van der Waals surface area contributed by atoms with Gasteiger partial charge in [0.15, 0.2) is 6.29 Å². The van der Waals surface area contributed by atoms with E-state index in [1.165, 1.54) is 4.68 Å². The Bertz CT molecular complexity index is 943. The topological polar surface area (TPSA) is 117 Å². The average molecular weight is 433 g/mol. The molecule has 0 spiro atoms. The average Bonchev–Trinajstić information content (AvgIpc) is 3.07. The number of nitrogens with zero attached hydrogens (tertiary/aromatic N) is 2. The predicted octanol–water partition coefficient (Wildman–Crippen LogP) is 1.69. The minimum absolute atomic E-state index is 0.0653. The molecule has 10 heteroatoms. The molecule has 1 aromatic carbocycles. The number of benzene rings is 1. The van der Waals surface area contributed by atoms with Gasteiger partial charge in [-0.2, -0.15) is 5.10 Å². The number of carbonyl (C=O) groups excluding carboxylic acids is 3. The van der Waals surface area contributed by atoms with Crippen LogP contribution in [0.25, 0.3) is 0 Å². The van der Waals surface area contributed by atoms with Gasteiger partial charge in [-0.15, -0.1) is 0 Å². The molecule has 3 amide bonds. The highest BCUT2D eigenvalue weighted by Crippen LogP contribution is 2.21. The number of halogens is 1. The Balaban J connectivity index is 1.65. The van der Waals surface area contributed by atoms with Gasteiger partial charge in [-0.05, 0) is 38.0 Å². The summed E-state index contributed by atoms with van der Waals surface area (Å²) in [6.45, 7) is 5.83. The van der Waals surface area contributed by atoms with Gasteiger partial charge < -0.3 is 16.0 Å². The van der Waals surface area contributed by atoms with Gasteiger partial charge in [-0.3, -0.25) is 19.7 Å². The summed E-state index contributed by atoms with van der Waals surface area (Å²) in [7, 11) is 0. The number of hydrogen-bond donors (Lipinski definition) is 4. The van der Waals surface area contributed by atoms with Gasteiger partial charge in [0.1, 0.15) is 5.82 Å². The molecule has 1 fully saturated rings. The van der Waals surface area contributed by atoms with Crippen LogP contribution in [0.5, 0.6) is 0 Å². The van der Waals surface area contributed by atoms with Crippen molar-refractivity contribution in [3.63, 3.8) is 0 Å². The SMILES string of the molecule is CCC1C(=O)NC(n2nc(C)cc2NC(=O)C(=O)NCc2ccc(Cl)cc2)NC1C. The molecule has 1 aliphatic rings. The fourth-order valence-corrected chi connectivity index (χ4v) is 3.52. The van der Waals surface area contributed by atoms with Crippen molar-refractivity contribution in [1.29, 1.82) is 0 Å². The van der Waals surface area contributed by atoms with E-state index in [0.717, 1.165) is 5.56 Å². The van der Waals surface area contributed by atoms with Crippen LogP contribution >= 0.6 is 11.6 Å². The molecule has 3 unspecified atom stereocenters. The molecule has 0 aliphatic carbocycles. The number of carbonyl (C=O) groups is 3. The summed E-state index contributed by atoms with van der Waals surface area (Å²) in [6.07, 6.45) is 0.0822. The lowest BCUT2D eigenvalue weighted by molar-refractivity contribution is -0.136. The van der Waals surface area contributed by atoms with E-state index in [4.69, 9.17) is 11.6 Å².